The third-order valence-electron chi connectivity index (χ3n) is 4.41. The predicted octanol–water partition coefficient (Wildman–Crippen LogP) is 3.42. The van der Waals surface area contributed by atoms with E-state index in [1.807, 2.05) is 6.08 Å². The van der Waals surface area contributed by atoms with Gasteiger partial charge in [0.2, 0.25) is 0 Å². The van der Waals surface area contributed by atoms with Gasteiger partial charge in [-0.15, -0.1) is 6.58 Å². The Morgan fingerprint density at radius 2 is 2.21 bits per heavy atom. The van der Waals surface area contributed by atoms with Crippen molar-refractivity contribution in [2.75, 3.05) is 7.11 Å². The van der Waals surface area contributed by atoms with Gasteiger partial charge in [0.1, 0.15) is 5.75 Å². The fourth-order valence-electron chi connectivity index (χ4n) is 3.33. The van der Waals surface area contributed by atoms with Crippen LogP contribution in [0, 0.1) is 0 Å². The molecule has 0 spiro atoms. The molecule has 0 amide bonds. The molecule has 2 aliphatic carbocycles. The van der Waals surface area contributed by atoms with Crippen molar-refractivity contribution in [3.8, 4) is 5.75 Å². The summed E-state index contributed by atoms with van der Waals surface area (Å²) >= 11 is 0. The molecule has 0 aliphatic heterocycles. The quantitative estimate of drug-likeness (QED) is 0.816. The van der Waals surface area contributed by atoms with E-state index in [9.17, 15) is 0 Å². The molecule has 2 aliphatic rings. The first-order valence-corrected chi connectivity index (χ1v) is 7.36. The van der Waals surface area contributed by atoms with Crippen LogP contribution in [-0.4, -0.2) is 19.2 Å². The summed E-state index contributed by atoms with van der Waals surface area (Å²) in [5.41, 5.74) is 2.87. The lowest BCUT2D eigenvalue weighted by Crippen LogP contribution is -2.39. The van der Waals surface area contributed by atoms with E-state index in [-0.39, 0.29) is 0 Å². The maximum atomic E-state index is 5.60. The zero-order valence-corrected chi connectivity index (χ0v) is 11.7. The highest BCUT2D eigenvalue weighted by atomic mass is 16.5. The molecule has 1 N–H and O–H groups in total. The number of hydrogen-bond acceptors (Lipinski definition) is 2. The highest BCUT2D eigenvalue weighted by Crippen LogP contribution is 2.41. The van der Waals surface area contributed by atoms with Gasteiger partial charge >= 0.3 is 0 Å². The summed E-state index contributed by atoms with van der Waals surface area (Å²) in [6.45, 7) is 3.94. The van der Waals surface area contributed by atoms with Crippen LogP contribution in [0.2, 0.25) is 0 Å². The molecule has 2 heteroatoms. The van der Waals surface area contributed by atoms with Gasteiger partial charge in [0.05, 0.1) is 7.11 Å². The molecule has 0 saturated heterocycles. The Hall–Kier alpha value is -1.28. The summed E-state index contributed by atoms with van der Waals surface area (Å²) in [5, 5.41) is 3.82. The van der Waals surface area contributed by atoms with Crippen LogP contribution in [0.1, 0.15) is 42.7 Å². The van der Waals surface area contributed by atoms with E-state index in [0.29, 0.717) is 12.0 Å². The van der Waals surface area contributed by atoms with Crippen molar-refractivity contribution < 1.29 is 4.74 Å². The molecule has 0 aromatic heterocycles. The Labute approximate surface area is 115 Å². The molecule has 102 valence electrons. The van der Waals surface area contributed by atoms with Crippen LogP contribution in [0.3, 0.4) is 0 Å². The normalized spacial score (nSPS) is 25.7. The highest BCUT2D eigenvalue weighted by Gasteiger charge is 2.34. The summed E-state index contributed by atoms with van der Waals surface area (Å²) in [4.78, 5) is 0. The van der Waals surface area contributed by atoms with E-state index >= 15 is 0 Å². The summed E-state index contributed by atoms with van der Waals surface area (Å²) in [5.74, 6) is 1.56. The van der Waals surface area contributed by atoms with Crippen LogP contribution in [0.15, 0.2) is 30.9 Å². The zero-order valence-electron chi connectivity index (χ0n) is 11.7. The number of benzene rings is 1. The van der Waals surface area contributed by atoms with E-state index in [2.05, 4.69) is 30.1 Å². The summed E-state index contributed by atoms with van der Waals surface area (Å²) < 4.78 is 5.60. The van der Waals surface area contributed by atoms with Gasteiger partial charge < -0.3 is 10.1 Å². The smallest absolute Gasteiger partial charge is 0.122 e. The predicted molar refractivity (Wildman–Crippen MR) is 78.8 cm³/mol. The van der Waals surface area contributed by atoms with Crippen LogP contribution in [-0.2, 0) is 6.42 Å². The molecule has 0 unspecified atom stereocenters. The second-order valence-corrected chi connectivity index (χ2v) is 5.75. The fraction of sp³-hybridized carbons (Fsp3) is 0.529. The average Bonchev–Trinajstić information content (AvgIpc) is 3.24. The Kier molecular flexibility index (Phi) is 3.61. The summed E-state index contributed by atoms with van der Waals surface area (Å²) in [6.07, 6.45) is 8.15. The third-order valence-corrected chi connectivity index (χ3v) is 4.41. The second kappa shape index (κ2) is 5.38. The van der Waals surface area contributed by atoms with Gasteiger partial charge in [-0.3, -0.25) is 0 Å². The van der Waals surface area contributed by atoms with Crippen LogP contribution in [0.25, 0.3) is 0 Å². The van der Waals surface area contributed by atoms with Crippen molar-refractivity contribution in [1.29, 1.82) is 0 Å². The first kappa shape index (κ1) is 12.7. The molecule has 2 nitrogen and oxygen atoms in total. The second-order valence-electron chi connectivity index (χ2n) is 5.75. The Bertz CT molecular complexity index is 450. The number of allylic oxidation sites excluding steroid dienone is 1. The number of nitrogens with one attached hydrogen (secondary N) is 1. The number of rotatable bonds is 5. The first-order chi connectivity index (χ1) is 9.33. The van der Waals surface area contributed by atoms with Gasteiger partial charge in [0, 0.05) is 23.6 Å². The zero-order chi connectivity index (χ0) is 13.2. The van der Waals surface area contributed by atoms with Gasteiger partial charge in [0.15, 0.2) is 0 Å². The number of aryl methyl sites for hydroxylation is 1. The monoisotopic (exact) mass is 257 g/mol. The van der Waals surface area contributed by atoms with Crippen molar-refractivity contribution in [1.82, 2.24) is 5.32 Å². The number of methoxy groups -OCH3 is 1. The van der Waals surface area contributed by atoms with Gasteiger partial charge in [-0.25, -0.2) is 0 Å². The molecular formula is C17H23NO. The summed E-state index contributed by atoms with van der Waals surface area (Å²) in [6, 6.07) is 7.79. The van der Waals surface area contributed by atoms with Crippen molar-refractivity contribution in [2.45, 2.75) is 50.1 Å². The number of fused-ring (bicyclic) bond motifs is 1. The molecule has 0 heterocycles. The van der Waals surface area contributed by atoms with Crippen LogP contribution >= 0.6 is 0 Å². The minimum atomic E-state index is 0.512. The van der Waals surface area contributed by atoms with E-state index in [1.54, 1.807) is 7.11 Å². The number of ether oxygens (including phenoxy) is 1. The van der Waals surface area contributed by atoms with Gasteiger partial charge in [0.25, 0.3) is 0 Å². The van der Waals surface area contributed by atoms with E-state index in [4.69, 9.17) is 4.74 Å². The maximum Gasteiger partial charge on any atom is 0.122 e. The van der Waals surface area contributed by atoms with Crippen LogP contribution < -0.4 is 10.1 Å². The van der Waals surface area contributed by atoms with E-state index < -0.39 is 0 Å². The molecule has 1 aromatic carbocycles. The summed E-state index contributed by atoms with van der Waals surface area (Å²) in [7, 11) is 1.78. The lowest BCUT2D eigenvalue weighted by Gasteiger charge is -2.35. The molecular weight excluding hydrogens is 234 g/mol. The fourth-order valence-corrected chi connectivity index (χ4v) is 3.33. The van der Waals surface area contributed by atoms with Gasteiger partial charge in [-0.05, 0) is 43.7 Å². The van der Waals surface area contributed by atoms with Crippen molar-refractivity contribution in [2.24, 2.45) is 0 Å². The largest absolute Gasteiger partial charge is 0.496 e. The Balaban J connectivity index is 1.93. The lowest BCUT2D eigenvalue weighted by atomic mass is 9.77. The molecule has 1 aromatic rings. The molecule has 0 radical (unpaired) electrons. The minimum Gasteiger partial charge on any atom is -0.496 e. The van der Waals surface area contributed by atoms with Crippen LogP contribution in [0.4, 0.5) is 0 Å². The Morgan fingerprint density at radius 3 is 2.89 bits per heavy atom. The van der Waals surface area contributed by atoms with Crippen molar-refractivity contribution in [3.05, 3.63) is 42.0 Å². The molecule has 3 rings (SSSR count). The molecule has 0 bridgehead atoms. The van der Waals surface area contributed by atoms with Crippen LogP contribution in [0.5, 0.6) is 5.75 Å². The van der Waals surface area contributed by atoms with Gasteiger partial charge in [-0.1, -0.05) is 18.2 Å². The lowest BCUT2D eigenvalue weighted by molar-refractivity contribution is 0.357. The SMILES string of the molecule is C=CC[C@H]1c2c(cccc2OC)CC[C@H]1NC1CC1. The molecule has 1 fully saturated rings. The minimum absolute atomic E-state index is 0.512. The van der Waals surface area contributed by atoms with E-state index in [1.165, 1.54) is 30.4 Å². The van der Waals surface area contributed by atoms with Crippen molar-refractivity contribution >= 4 is 0 Å². The third kappa shape index (κ3) is 2.55. The standard InChI is InChI=1S/C17H23NO/c1-3-5-14-15(18-13-9-10-13)11-8-12-6-4-7-16(19-2)17(12)14/h3-4,6-7,13-15,18H,1,5,8-11H2,2H3/t14-,15-/m1/s1. The topological polar surface area (TPSA) is 21.3 Å². The maximum absolute atomic E-state index is 5.60. The average molecular weight is 257 g/mol. The first-order valence-electron chi connectivity index (χ1n) is 7.36. The molecule has 19 heavy (non-hydrogen) atoms. The van der Waals surface area contributed by atoms with E-state index in [0.717, 1.165) is 24.6 Å². The van der Waals surface area contributed by atoms with Crippen molar-refractivity contribution in [3.63, 3.8) is 0 Å². The molecule has 1 saturated carbocycles. The van der Waals surface area contributed by atoms with Gasteiger partial charge in [-0.2, -0.15) is 0 Å². The Morgan fingerprint density at radius 1 is 1.37 bits per heavy atom. The molecule has 2 atom stereocenters. The number of hydrogen-bond donors (Lipinski definition) is 1. The highest BCUT2D eigenvalue weighted by molar-refractivity contribution is 5.46.